The third kappa shape index (κ3) is 40.4. The van der Waals surface area contributed by atoms with Gasteiger partial charge in [0.1, 0.15) is 0 Å². The van der Waals surface area contributed by atoms with E-state index in [1.165, 1.54) is 0 Å². The molecular formula is C25H43N3O9Zr. The van der Waals surface area contributed by atoms with Gasteiger partial charge in [-0.15, -0.1) is 6.42 Å². The fourth-order valence-corrected chi connectivity index (χ4v) is 1.52. The van der Waals surface area contributed by atoms with Crippen LogP contribution < -0.4 is 16.0 Å². The van der Waals surface area contributed by atoms with Crippen molar-refractivity contribution in [3.8, 4) is 0 Å². The van der Waals surface area contributed by atoms with Crippen LogP contribution >= 0.6 is 0 Å². The van der Waals surface area contributed by atoms with Gasteiger partial charge < -0.3 is 38.2 Å². The molecule has 0 heterocycles. The Labute approximate surface area is 244 Å². The van der Waals surface area contributed by atoms with E-state index in [2.05, 4.69) is 35.0 Å². The fourth-order valence-electron chi connectivity index (χ4n) is 1.52. The second kappa shape index (κ2) is 22.2. The minimum Gasteiger partial charge on any atom is -0.474 e. The Kier molecular flexibility index (Phi) is 26.4. The van der Waals surface area contributed by atoms with Crippen LogP contribution in [0.25, 0.3) is 0 Å². The number of hydrogen-bond acceptors (Lipinski definition) is 6. The van der Waals surface area contributed by atoms with Crippen LogP contribution in [-0.4, -0.2) is 67.6 Å². The summed E-state index contributed by atoms with van der Waals surface area (Å²) in [6.45, 7) is 20.4. The molecule has 13 heteroatoms. The molecule has 1 aliphatic rings. The van der Waals surface area contributed by atoms with Gasteiger partial charge in [-0.1, -0.05) is 0 Å². The molecule has 0 aromatic heterocycles. The normalized spacial score (nSPS) is 10.9. The molecule has 0 spiro atoms. The first-order valence-electron chi connectivity index (χ1n) is 11.1. The number of rotatable bonds is 0. The second-order valence-electron chi connectivity index (χ2n) is 10.0. The molecule has 0 fully saturated rings. The summed E-state index contributed by atoms with van der Waals surface area (Å²) in [6.07, 6.45) is 10.0. The van der Waals surface area contributed by atoms with Crippen molar-refractivity contribution < 1.29 is 70.3 Å². The van der Waals surface area contributed by atoms with Gasteiger partial charge in [-0.2, -0.15) is 13.0 Å². The largest absolute Gasteiger partial charge is 2.00 e. The van der Waals surface area contributed by atoms with Gasteiger partial charge in [0, 0.05) is 16.6 Å². The van der Waals surface area contributed by atoms with E-state index in [4.69, 9.17) is 15.3 Å². The smallest absolute Gasteiger partial charge is 0.474 e. The molecule has 0 unspecified atom stereocenters. The minimum absolute atomic E-state index is 0. The third-order valence-corrected chi connectivity index (χ3v) is 2.63. The van der Waals surface area contributed by atoms with Crippen molar-refractivity contribution >= 4 is 35.6 Å². The van der Waals surface area contributed by atoms with E-state index in [1.54, 1.807) is 69.2 Å². The Morgan fingerprint density at radius 3 is 0.921 bits per heavy atom. The molecule has 0 aromatic carbocycles. The maximum Gasteiger partial charge on any atom is 2.00 e. The molecular weight excluding hydrogens is 578 g/mol. The van der Waals surface area contributed by atoms with Gasteiger partial charge in [0.15, 0.2) is 0 Å². The van der Waals surface area contributed by atoms with Crippen molar-refractivity contribution in [2.45, 2.75) is 92.3 Å². The average Bonchev–Trinajstić information content (AvgIpc) is 3.26. The van der Waals surface area contributed by atoms with Crippen molar-refractivity contribution in [3.05, 3.63) is 31.2 Å². The Hall–Kier alpha value is -2.82. The van der Waals surface area contributed by atoms with E-state index in [0.29, 0.717) is 0 Å². The van der Waals surface area contributed by atoms with Gasteiger partial charge in [0.05, 0.1) is 0 Å². The van der Waals surface area contributed by atoms with Gasteiger partial charge >= 0.3 is 61.8 Å². The van der Waals surface area contributed by atoms with Crippen molar-refractivity contribution in [3.63, 3.8) is 0 Å². The predicted octanol–water partition coefficient (Wildman–Crippen LogP) is 2.10. The minimum atomic E-state index is -1.45. The number of hydrogen-bond donors (Lipinski definition) is 6. The number of nitrogens with one attached hydrogen (secondary N) is 3. The molecule has 1 rings (SSSR count). The molecule has 0 bridgehead atoms. The molecule has 38 heavy (non-hydrogen) atoms. The fraction of sp³-hybridized carbons (Fsp3) is 0.560. The summed E-state index contributed by atoms with van der Waals surface area (Å²) < 4.78 is 0. The number of carboxylic acid groups (broad SMARTS) is 3. The first-order chi connectivity index (χ1) is 16.5. The molecule has 6 N–H and O–H groups in total. The first-order valence-corrected chi connectivity index (χ1v) is 11.1. The molecule has 0 atom stereocenters. The van der Waals surface area contributed by atoms with Crippen LogP contribution in [0.4, 0.5) is 0 Å². The van der Waals surface area contributed by atoms with Gasteiger partial charge in [0.2, 0.25) is 0 Å². The van der Waals surface area contributed by atoms with E-state index in [1.807, 2.05) is 12.2 Å². The zero-order chi connectivity index (χ0) is 30.6. The second-order valence-corrected chi connectivity index (χ2v) is 10.0. The summed E-state index contributed by atoms with van der Waals surface area (Å²) in [5, 5.41) is 31.2. The molecule has 0 saturated carbocycles. The standard InChI is InChI=1S/3C6H11NO3.C5H5.C2H5.Zr/c3*1-6(2,3)7-4(8)5(9)10;1-2-4-5-3-1;1-2;/h3*1-3H3,(H,7,8)(H,9,10);1-3H,4H2;1H2,2H3;/q;;;2*-1;+2. The zero-order valence-electron chi connectivity index (χ0n) is 23.9. The topological polar surface area (TPSA) is 199 Å². The summed E-state index contributed by atoms with van der Waals surface area (Å²) in [5.74, 6) is -7.24. The average molecular weight is 621 g/mol. The summed E-state index contributed by atoms with van der Waals surface area (Å²) in [6, 6.07) is 0. The van der Waals surface area contributed by atoms with E-state index < -0.39 is 52.2 Å². The SMILES string of the molecule is CC(C)(C)NC(=O)C(=O)O.CC(C)(C)NC(=O)C(=O)O.CC(C)(C)NC(=O)C(=O)O.[C-]1=CC=CC1.[CH2-]C.[Zr+2]. The van der Waals surface area contributed by atoms with Crippen molar-refractivity contribution in [2.75, 3.05) is 0 Å². The van der Waals surface area contributed by atoms with Gasteiger partial charge in [-0.3, -0.25) is 20.5 Å². The van der Waals surface area contributed by atoms with Crippen LogP contribution in [0.1, 0.15) is 75.7 Å². The van der Waals surface area contributed by atoms with E-state index in [-0.39, 0.29) is 26.2 Å². The molecule has 0 aromatic rings. The number of amides is 3. The monoisotopic (exact) mass is 619 g/mol. The summed E-state index contributed by atoms with van der Waals surface area (Å²) in [7, 11) is 0. The number of allylic oxidation sites excluding steroid dienone is 4. The van der Waals surface area contributed by atoms with E-state index >= 15 is 0 Å². The van der Waals surface area contributed by atoms with Gasteiger partial charge in [-0.05, 0) is 62.3 Å². The number of carboxylic acids is 3. The van der Waals surface area contributed by atoms with Crippen LogP contribution in [0.2, 0.25) is 0 Å². The third-order valence-electron chi connectivity index (χ3n) is 2.63. The maximum absolute atomic E-state index is 10.4. The number of carbonyl (C=O) groups is 6. The van der Waals surface area contributed by atoms with Crippen LogP contribution in [0.15, 0.2) is 18.2 Å². The van der Waals surface area contributed by atoms with Crippen molar-refractivity contribution in [1.29, 1.82) is 0 Å². The molecule has 1 aliphatic carbocycles. The Morgan fingerprint density at radius 2 is 0.868 bits per heavy atom. The van der Waals surface area contributed by atoms with Gasteiger partial charge in [-0.25, -0.2) is 26.5 Å². The molecule has 0 radical (unpaired) electrons. The van der Waals surface area contributed by atoms with Gasteiger partial charge in [0.25, 0.3) is 0 Å². The molecule has 3 amide bonds. The molecule has 0 saturated heterocycles. The predicted molar refractivity (Wildman–Crippen MR) is 139 cm³/mol. The zero-order valence-corrected chi connectivity index (χ0v) is 26.4. The van der Waals surface area contributed by atoms with Crippen LogP contribution in [-0.2, 0) is 55.0 Å². The molecule has 216 valence electrons. The Bertz CT molecular complexity index is 717. The Morgan fingerprint density at radius 1 is 0.632 bits per heavy atom. The summed E-state index contributed by atoms with van der Waals surface area (Å²) in [4.78, 5) is 61.2. The van der Waals surface area contributed by atoms with E-state index in [9.17, 15) is 28.8 Å². The van der Waals surface area contributed by atoms with Crippen LogP contribution in [0.3, 0.4) is 0 Å². The number of carbonyl (C=O) groups excluding carboxylic acids is 3. The van der Waals surface area contributed by atoms with Crippen molar-refractivity contribution in [2.24, 2.45) is 0 Å². The summed E-state index contributed by atoms with van der Waals surface area (Å²) in [5.41, 5.74) is -1.43. The van der Waals surface area contributed by atoms with Crippen molar-refractivity contribution in [1.82, 2.24) is 16.0 Å². The summed E-state index contributed by atoms with van der Waals surface area (Å²) >= 11 is 0. The molecule has 0 aliphatic heterocycles. The van der Waals surface area contributed by atoms with Crippen LogP contribution in [0.5, 0.6) is 0 Å². The first kappa shape index (κ1) is 45.1. The van der Waals surface area contributed by atoms with E-state index in [0.717, 1.165) is 6.42 Å². The van der Waals surface area contributed by atoms with Crippen LogP contribution in [0, 0.1) is 13.0 Å². The Balaban J connectivity index is -0.000000126. The molecule has 12 nitrogen and oxygen atoms in total. The number of aliphatic carboxylic acids is 3. The quantitative estimate of drug-likeness (QED) is 0.173. The maximum atomic E-state index is 10.4.